The van der Waals surface area contributed by atoms with Gasteiger partial charge in [-0.15, -0.1) is 16.8 Å². The molecule has 1 fully saturated rings. The van der Waals surface area contributed by atoms with Crippen LogP contribution in [0.25, 0.3) is 0 Å². The van der Waals surface area contributed by atoms with E-state index >= 15 is 0 Å². The molecule has 166 valence electrons. The van der Waals surface area contributed by atoms with Crippen LogP contribution in [-0.4, -0.2) is 57.8 Å². The lowest BCUT2D eigenvalue weighted by Crippen LogP contribution is -2.32. The molecule has 0 unspecified atom stereocenters. The number of rotatable bonds is 10. The molecule has 0 atom stereocenters. The van der Waals surface area contributed by atoms with Crippen LogP contribution in [-0.2, 0) is 24.3 Å². The number of nitrogens with one attached hydrogen (secondary N) is 1. The van der Waals surface area contributed by atoms with Gasteiger partial charge in [0.25, 0.3) is 0 Å². The fourth-order valence-electron chi connectivity index (χ4n) is 3.80. The van der Waals surface area contributed by atoms with E-state index in [1.54, 1.807) is 0 Å². The van der Waals surface area contributed by atoms with Crippen molar-refractivity contribution in [2.75, 3.05) is 32.2 Å². The molecule has 1 N–H and O–H groups in total. The van der Waals surface area contributed by atoms with Crippen molar-refractivity contribution in [1.82, 2.24) is 25.0 Å². The minimum absolute atomic E-state index is 0.0503. The number of likely N-dealkylation sites (tertiary alicyclic amines) is 1. The van der Waals surface area contributed by atoms with Gasteiger partial charge in [0.05, 0.1) is 5.75 Å². The van der Waals surface area contributed by atoms with Crippen LogP contribution < -0.4 is 14.8 Å². The van der Waals surface area contributed by atoms with Crippen LogP contribution in [0, 0.1) is 0 Å². The summed E-state index contributed by atoms with van der Waals surface area (Å²) in [6, 6.07) is 5.68. The standard InChI is InChI=1S/C22H29N5O3S/c1-2-9-27-20(8-12-26-10-4-3-5-11-26)24-25-22(27)31-15-21(28)23-14-17-6-7-18-19(13-17)30-16-29-18/h2,6-7,13H,1,3-5,8-12,14-16H2,(H,23,28). The van der Waals surface area contributed by atoms with E-state index in [1.807, 2.05) is 24.3 Å². The Morgan fingerprint density at radius 3 is 2.87 bits per heavy atom. The summed E-state index contributed by atoms with van der Waals surface area (Å²) in [5.41, 5.74) is 0.970. The van der Waals surface area contributed by atoms with Gasteiger partial charge in [-0.3, -0.25) is 4.79 Å². The Labute approximate surface area is 187 Å². The average Bonchev–Trinajstić information content (AvgIpc) is 3.42. The van der Waals surface area contributed by atoms with Gasteiger partial charge in [0, 0.05) is 26.1 Å². The summed E-state index contributed by atoms with van der Waals surface area (Å²) in [5.74, 6) is 2.64. The first kappa shape index (κ1) is 21.7. The Morgan fingerprint density at radius 1 is 1.19 bits per heavy atom. The van der Waals surface area contributed by atoms with Crippen molar-refractivity contribution in [2.24, 2.45) is 0 Å². The Balaban J connectivity index is 1.27. The molecule has 2 aliphatic rings. The molecule has 8 nitrogen and oxygen atoms in total. The molecule has 3 heterocycles. The number of benzene rings is 1. The first-order chi connectivity index (χ1) is 15.2. The molecule has 1 saturated heterocycles. The highest BCUT2D eigenvalue weighted by Gasteiger charge is 2.17. The molecule has 0 saturated carbocycles. The van der Waals surface area contributed by atoms with Gasteiger partial charge in [0.1, 0.15) is 5.82 Å². The predicted molar refractivity (Wildman–Crippen MR) is 119 cm³/mol. The zero-order valence-corrected chi connectivity index (χ0v) is 18.5. The number of hydrogen-bond acceptors (Lipinski definition) is 7. The Bertz CT molecular complexity index is 911. The maximum Gasteiger partial charge on any atom is 0.231 e. The number of allylic oxidation sites excluding steroid dienone is 1. The smallest absolute Gasteiger partial charge is 0.231 e. The lowest BCUT2D eigenvalue weighted by Gasteiger charge is -2.26. The lowest BCUT2D eigenvalue weighted by atomic mass is 10.1. The van der Waals surface area contributed by atoms with Gasteiger partial charge in [-0.05, 0) is 43.6 Å². The number of hydrogen-bond donors (Lipinski definition) is 1. The number of fused-ring (bicyclic) bond motifs is 1. The molecule has 9 heteroatoms. The van der Waals surface area contributed by atoms with E-state index in [0.29, 0.717) is 13.1 Å². The van der Waals surface area contributed by atoms with Gasteiger partial charge in [-0.25, -0.2) is 0 Å². The van der Waals surface area contributed by atoms with Gasteiger partial charge < -0.3 is 24.3 Å². The normalized spacial score (nSPS) is 15.7. The van der Waals surface area contributed by atoms with Crippen LogP contribution >= 0.6 is 11.8 Å². The highest BCUT2D eigenvalue weighted by atomic mass is 32.2. The largest absolute Gasteiger partial charge is 0.454 e. The summed E-state index contributed by atoms with van der Waals surface area (Å²) in [4.78, 5) is 14.9. The number of nitrogens with zero attached hydrogens (tertiary/aromatic N) is 4. The summed E-state index contributed by atoms with van der Waals surface area (Å²) in [7, 11) is 0. The third kappa shape index (κ3) is 5.80. The highest BCUT2D eigenvalue weighted by Crippen LogP contribution is 2.32. The number of thioether (sulfide) groups is 1. The number of aromatic nitrogens is 3. The Kier molecular flexibility index (Phi) is 7.48. The molecule has 1 aromatic carbocycles. The van der Waals surface area contributed by atoms with E-state index in [0.717, 1.165) is 41.0 Å². The average molecular weight is 444 g/mol. The van der Waals surface area contributed by atoms with Crippen molar-refractivity contribution < 1.29 is 14.3 Å². The molecule has 1 aromatic heterocycles. The summed E-state index contributed by atoms with van der Waals surface area (Å²) in [6.45, 7) is 8.51. The van der Waals surface area contributed by atoms with Crippen LogP contribution in [0.1, 0.15) is 30.7 Å². The number of carbonyl (C=O) groups is 1. The summed E-state index contributed by atoms with van der Waals surface area (Å²) in [5, 5.41) is 12.4. The fraction of sp³-hybridized carbons (Fsp3) is 0.500. The zero-order chi connectivity index (χ0) is 21.5. The predicted octanol–water partition coefficient (Wildman–Crippen LogP) is 2.63. The SMILES string of the molecule is C=CCn1c(CCN2CCCCC2)nnc1SCC(=O)NCc1ccc2c(c1)OCO2. The van der Waals surface area contributed by atoms with Crippen molar-refractivity contribution in [3.63, 3.8) is 0 Å². The number of ether oxygens (including phenoxy) is 2. The second kappa shape index (κ2) is 10.7. The van der Waals surface area contributed by atoms with Crippen molar-refractivity contribution in [3.8, 4) is 11.5 Å². The molecule has 4 rings (SSSR count). The van der Waals surface area contributed by atoms with E-state index in [1.165, 1.54) is 44.1 Å². The van der Waals surface area contributed by atoms with E-state index in [2.05, 4.69) is 31.6 Å². The van der Waals surface area contributed by atoms with Crippen LogP contribution in [0.3, 0.4) is 0 Å². The molecule has 31 heavy (non-hydrogen) atoms. The Hall–Kier alpha value is -2.52. The molecule has 1 amide bonds. The van der Waals surface area contributed by atoms with Crippen LogP contribution in [0.2, 0.25) is 0 Å². The van der Waals surface area contributed by atoms with E-state index in [-0.39, 0.29) is 18.5 Å². The number of carbonyl (C=O) groups excluding carboxylic acids is 1. The topological polar surface area (TPSA) is 81.5 Å². The molecular formula is C22H29N5O3S. The Morgan fingerprint density at radius 2 is 2.03 bits per heavy atom. The zero-order valence-electron chi connectivity index (χ0n) is 17.7. The van der Waals surface area contributed by atoms with Gasteiger partial charge >= 0.3 is 0 Å². The first-order valence-corrected chi connectivity index (χ1v) is 11.7. The first-order valence-electron chi connectivity index (χ1n) is 10.8. The van der Waals surface area contributed by atoms with Crippen LogP contribution in [0.4, 0.5) is 0 Å². The summed E-state index contributed by atoms with van der Waals surface area (Å²) < 4.78 is 12.8. The summed E-state index contributed by atoms with van der Waals surface area (Å²) >= 11 is 1.40. The van der Waals surface area contributed by atoms with Gasteiger partial charge in [0.15, 0.2) is 16.7 Å². The molecule has 0 aliphatic carbocycles. The summed E-state index contributed by atoms with van der Waals surface area (Å²) in [6.07, 6.45) is 6.60. The third-order valence-electron chi connectivity index (χ3n) is 5.46. The van der Waals surface area contributed by atoms with Gasteiger partial charge in [-0.1, -0.05) is 30.3 Å². The second-order valence-electron chi connectivity index (χ2n) is 7.70. The van der Waals surface area contributed by atoms with Gasteiger partial charge in [-0.2, -0.15) is 0 Å². The fourth-order valence-corrected chi connectivity index (χ4v) is 4.59. The van der Waals surface area contributed by atoms with Gasteiger partial charge in [0.2, 0.25) is 12.7 Å². The molecule has 0 bridgehead atoms. The third-order valence-corrected chi connectivity index (χ3v) is 6.43. The second-order valence-corrected chi connectivity index (χ2v) is 8.65. The van der Waals surface area contributed by atoms with Crippen molar-refractivity contribution in [2.45, 2.75) is 43.9 Å². The molecule has 0 radical (unpaired) electrons. The number of amides is 1. The van der Waals surface area contributed by atoms with Crippen LogP contribution in [0.15, 0.2) is 36.0 Å². The van der Waals surface area contributed by atoms with Crippen molar-refractivity contribution in [1.29, 1.82) is 0 Å². The maximum absolute atomic E-state index is 12.4. The van der Waals surface area contributed by atoms with E-state index < -0.39 is 0 Å². The monoisotopic (exact) mass is 443 g/mol. The van der Waals surface area contributed by atoms with Crippen LogP contribution in [0.5, 0.6) is 11.5 Å². The highest BCUT2D eigenvalue weighted by molar-refractivity contribution is 7.99. The number of piperidine rings is 1. The maximum atomic E-state index is 12.4. The lowest BCUT2D eigenvalue weighted by molar-refractivity contribution is -0.118. The van der Waals surface area contributed by atoms with Crippen molar-refractivity contribution in [3.05, 3.63) is 42.2 Å². The minimum Gasteiger partial charge on any atom is -0.454 e. The molecule has 2 aliphatic heterocycles. The van der Waals surface area contributed by atoms with E-state index in [4.69, 9.17) is 9.47 Å². The molecule has 0 spiro atoms. The quantitative estimate of drug-likeness (QED) is 0.447. The molecule has 2 aromatic rings. The van der Waals surface area contributed by atoms with E-state index in [9.17, 15) is 4.79 Å². The molecular weight excluding hydrogens is 414 g/mol. The minimum atomic E-state index is -0.0503. The van der Waals surface area contributed by atoms with Crippen molar-refractivity contribution >= 4 is 17.7 Å².